The molecule has 0 aromatic rings. The maximum Gasteiger partial charge on any atom is 0.187 e. The number of nitrogens with two attached hydrogens (primary N) is 4. The molecule has 4 rings (SSSR count). The molecule has 16 nitrogen and oxygen atoms in total. The number of rotatable bonds is 10. The van der Waals surface area contributed by atoms with E-state index in [2.05, 4.69) is 5.32 Å². The molecule has 246 valence electrons. The van der Waals surface area contributed by atoms with Crippen LogP contribution in [0.3, 0.4) is 0 Å². The quantitative estimate of drug-likeness (QED) is 0.111. The smallest absolute Gasteiger partial charge is 0.187 e. The Morgan fingerprint density at radius 2 is 1.40 bits per heavy atom. The van der Waals surface area contributed by atoms with Crippen LogP contribution in [0.15, 0.2) is 0 Å². The van der Waals surface area contributed by atoms with Crippen molar-refractivity contribution < 1.29 is 54.0 Å². The van der Waals surface area contributed by atoms with E-state index >= 15 is 0 Å². The molecule has 0 aromatic heterocycles. The minimum Gasteiger partial charge on any atom is -0.394 e. The van der Waals surface area contributed by atoms with E-state index < -0.39 is 104 Å². The van der Waals surface area contributed by atoms with Gasteiger partial charge in [-0.15, -0.1) is 0 Å². The number of aliphatic hydroxyl groups is 5. The number of ether oxygens (including phenoxy) is 6. The van der Waals surface area contributed by atoms with Crippen LogP contribution in [0.1, 0.15) is 33.1 Å². The van der Waals surface area contributed by atoms with Gasteiger partial charge in [0.25, 0.3) is 0 Å². The van der Waals surface area contributed by atoms with E-state index in [0.717, 1.165) is 6.42 Å². The Balaban J connectivity index is 1.48. The highest BCUT2D eigenvalue weighted by molar-refractivity contribution is 5.01. The van der Waals surface area contributed by atoms with Crippen molar-refractivity contribution in [3.8, 4) is 0 Å². The maximum absolute atomic E-state index is 11.2. The molecular weight excluding hydrogens is 558 g/mol. The zero-order valence-electron chi connectivity index (χ0n) is 24.4. The lowest BCUT2D eigenvalue weighted by molar-refractivity contribution is -0.297. The highest BCUT2D eigenvalue weighted by atomic mass is 16.8. The molecule has 0 spiro atoms. The molecule has 1 aliphatic carbocycles. The Bertz CT molecular complexity index is 850. The van der Waals surface area contributed by atoms with Crippen LogP contribution in [0.25, 0.3) is 0 Å². The summed E-state index contributed by atoms with van der Waals surface area (Å²) < 4.78 is 36.1. The molecule has 18 atom stereocenters. The molecule has 14 N–H and O–H groups in total. The minimum absolute atomic E-state index is 0.0458. The molecular formula is C26H51N5O11. The van der Waals surface area contributed by atoms with Gasteiger partial charge in [0.05, 0.1) is 31.0 Å². The Labute approximate surface area is 245 Å². The first-order valence-corrected chi connectivity index (χ1v) is 14.8. The molecule has 1 unspecified atom stereocenters. The van der Waals surface area contributed by atoms with Gasteiger partial charge in [-0.2, -0.15) is 0 Å². The predicted octanol–water partition coefficient (Wildman–Crippen LogP) is -4.88. The van der Waals surface area contributed by atoms with Crippen LogP contribution >= 0.6 is 0 Å². The summed E-state index contributed by atoms with van der Waals surface area (Å²) in [6.07, 6.45) is -12.1. The topological polar surface area (TPSA) is 273 Å². The van der Waals surface area contributed by atoms with Crippen molar-refractivity contribution in [3.63, 3.8) is 0 Å². The van der Waals surface area contributed by atoms with E-state index in [-0.39, 0.29) is 25.1 Å². The van der Waals surface area contributed by atoms with Crippen LogP contribution in [0.4, 0.5) is 0 Å². The lowest BCUT2D eigenvalue weighted by atomic mass is 9.84. The van der Waals surface area contributed by atoms with Gasteiger partial charge in [-0.3, -0.25) is 0 Å². The molecule has 0 bridgehead atoms. The van der Waals surface area contributed by atoms with E-state index in [0.29, 0.717) is 6.42 Å². The van der Waals surface area contributed by atoms with E-state index in [1.807, 2.05) is 14.0 Å². The Kier molecular flexibility index (Phi) is 11.9. The number of hydrogen-bond acceptors (Lipinski definition) is 16. The molecule has 0 radical (unpaired) electrons. The summed E-state index contributed by atoms with van der Waals surface area (Å²) in [5.41, 5.74) is 24.6. The van der Waals surface area contributed by atoms with Crippen molar-refractivity contribution in [2.45, 2.75) is 137 Å². The maximum atomic E-state index is 11.2. The molecule has 42 heavy (non-hydrogen) atoms. The Morgan fingerprint density at radius 1 is 0.762 bits per heavy atom. The zero-order chi connectivity index (χ0) is 30.9. The molecule has 1 saturated carbocycles. The minimum atomic E-state index is -1.46. The summed E-state index contributed by atoms with van der Waals surface area (Å²) in [4.78, 5) is 0. The second-order valence-electron chi connectivity index (χ2n) is 12.1. The average Bonchev–Trinajstić information content (AvgIpc) is 3.27. The lowest BCUT2D eigenvalue weighted by Gasteiger charge is -2.46. The highest BCUT2D eigenvalue weighted by Crippen LogP contribution is 2.35. The summed E-state index contributed by atoms with van der Waals surface area (Å²) in [7, 11) is 1.84. The van der Waals surface area contributed by atoms with Crippen molar-refractivity contribution in [1.82, 2.24) is 5.32 Å². The largest absolute Gasteiger partial charge is 0.394 e. The van der Waals surface area contributed by atoms with Gasteiger partial charge < -0.3 is 82.2 Å². The number of nitrogens with one attached hydrogen (secondary N) is 1. The van der Waals surface area contributed by atoms with Crippen LogP contribution < -0.4 is 28.3 Å². The van der Waals surface area contributed by atoms with E-state index in [4.69, 9.17) is 51.4 Å². The molecule has 3 aliphatic heterocycles. The fourth-order valence-corrected chi connectivity index (χ4v) is 6.14. The van der Waals surface area contributed by atoms with Crippen molar-refractivity contribution in [3.05, 3.63) is 0 Å². The SMILES string of the molecule is CN[C@@H](C)[C@@H]1CC[C@@H](N)[C@@H](O[C@H]2[C@H](O[C@@H]3O[C@H](CO)[C@@H](OC4O[C@@H](CN)[C@@H](O)[C@H](O)[C@H]4C)[C@H]3O)[C@@H](O)[C@H](N)C[C@@H]2N)O1. The van der Waals surface area contributed by atoms with Gasteiger partial charge >= 0.3 is 0 Å². The lowest BCUT2D eigenvalue weighted by Crippen LogP contribution is -2.65. The number of likely N-dealkylation sites (N-methyl/N-ethyl adjacent to an activating group) is 1. The van der Waals surface area contributed by atoms with E-state index in [1.54, 1.807) is 6.92 Å². The molecule has 3 heterocycles. The molecule has 4 fully saturated rings. The van der Waals surface area contributed by atoms with Gasteiger partial charge in [-0.25, -0.2) is 0 Å². The van der Waals surface area contributed by atoms with E-state index in [1.165, 1.54) is 0 Å². The van der Waals surface area contributed by atoms with Crippen molar-refractivity contribution in [2.75, 3.05) is 20.2 Å². The summed E-state index contributed by atoms with van der Waals surface area (Å²) >= 11 is 0. The normalized spacial score (nSPS) is 51.0. The Morgan fingerprint density at radius 3 is 2.05 bits per heavy atom. The monoisotopic (exact) mass is 609 g/mol. The third-order valence-corrected chi connectivity index (χ3v) is 9.11. The summed E-state index contributed by atoms with van der Waals surface area (Å²) in [6.45, 7) is 2.98. The fourth-order valence-electron chi connectivity index (χ4n) is 6.14. The van der Waals surface area contributed by atoms with Crippen LogP contribution in [-0.4, -0.2) is 150 Å². The van der Waals surface area contributed by atoms with Crippen LogP contribution in [-0.2, 0) is 28.4 Å². The molecule has 0 aromatic carbocycles. The van der Waals surface area contributed by atoms with Gasteiger partial charge in [0.2, 0.25) is 0 Å². The van der Waals surface area contributed by atoms with Gasteiger partial charge in [0, 0.05) is 30.6 Å². The second kappa shape index (κ2) is 14.6. The molecule has 0 amide bonds. The summed E-state index contributed by atoms with van der Waals surface area (Å²) in [6, 6.07) is -1.81. The van der Waals surface area contributed by atoms with Crippen LogP contribution in [0.5, 0.6) is 0 Å². The first-order chi connectivity index (χ1) is 19.9. The Hall–Kier alpha value is -0.640. The van der Waals surface area contributed by atoms with Crippen molar-refractivity contribution in [1.29, 1.82) is 0 Å². The van der Waals surface area contributed by atoms with Crippen LogP contribution in [0, 0.1) is 5.92 Å². The highest BCUT2D eigenvalue weighted by Gasteiger charge is 2.53. The first kappa shape index (κ1) is 34.2. The van der Waals surface area contributed by atoms with Gasteiger partial charge in [0.1, 0.15) is 42.7 Å². The standard InChI is InChI=1S/C26H51N5O11/c1-9-17(33)19(35)15(7-27)38-24(9)41-22-16(8-32)39-26(20(22)36)42-23-18(34)12(29)6-13(30)21(23)40-25-11(28)4-5-14(37-25)10(2)31-3/h9-26,31-36H,4-8,27-30H2,1-3H3/t9-,10+,11-,12-,13+,14+,15+,16-,17-,18+,19-,20-,21-,22-,23-,24?,25-,26+/m1/s1. The van der Waals surface area contributed by atoms with Crippen LogP contribution in [0.2, 0.25) is 0 Å². The predicted molar refractivity (Wildman–Crippen MR) is 146 cm³/mol. The zero-order valence-corrected chi connectivity index (χ0v) is 24.4. The second-order valence-corrected chi connectivity index (χ2v) is 12.1. The molecule has 16 heteroatoms. The summed E-state index contributed by atoms with van der Waals surface area (Å²) in [5.74, 6) is -0.697. The van der Waals surface area contributed by atoms with Gasteiger partial charge in [-0.1, -0.05) is 6.92 Å². The third-order valence-electron chi connectivity index (χ3n) is 9.11. The fraction of sp³-hybridized carbons (Fsp3) is 1.00. The molecule has 4 aliphatic rings. The van der Waals surface area contributed by atoms with Crippen molar-refractivity contribution >= 4 is 0 Å². The first-order valence-electron chi connectivity index (χ1n) is 14.8. The van der Waals surface area contributed by atoms with E-state index in [9.17, 15) is 25.5 Å². The third kappa shape index (κ3) is 7.09. The average molecular weight is 610 g/mol. The van der Waals surface area contributed by atoms with Gasteiger partial charge in [0.15, 0.2) is 18.9 Å². The number of aliphatic hydroxyl groups excluding tert-OH is 5. The molecule has 3 saturated heterocycles. The van der Waals surface area contributed by atoms with Gasteiger partial charge in [-0.05, 0) is 33.2 Å². The van der Waals surface area contributed by atoms with Crippen molar-refractivity contribution in [2.24, 2.45) is 28.9 Å². The summed E-state index contributed by atoms with van der Waals surface area (Å²) in [5, 5.41) is 56.1. The number of hydrogen-bond donors (Lipinski definition) is 10.